The molecule has 0 amide bonds. The summed E-state index contributed by atoms with van der Waals surface area (Å²) in [5.41, 5.74) is 8.02. The minimum Gasteiger partial charge on any atom is -0.368 e. The number of halogens is 1. The molecule has 0 atom stereocenters. The van der Waals surface area contributed by atoms with Gasteiger partial charge in [0.15, 0.2) is 0 Å². The third kappa shape index (κ3) is 3.53. The summed E-state index contributed by atoms with van der Waals surface area (Å²) in [6.07, 6.45) is 6.52. The summed E-state index contributed by atoms with van der Waals surface area (Å²) in [6, 6.07) is 7.25. The lowest BCUT2D eigenvalue weighted by Gasteiger charge is -2.39. The fraction of sp³-hybridized carbons (Fsp3) is 0.647. The molecule has 1 aliphatic carbocycles. The summed E-state index contributed by atoms with van der Waals surface area (Å²) in [4.78, 5) is 5.11. The Hall–Kier alpha value is -0.770. The van der Waals surface area contributed by atoms with E-state index in [0.717, 1.165) is 30.6 Å². The molecule has 0 bridgehead atoms. The molecule has 3 nitrogen and oxygen atoms in total. The lowest BCUT2D eigenvalue weighted by molar-refractivity contribution is 0.187. The maximum Gasteiger partial charge on any atom is 0.0642 e. The van der Waals surface area contributed by atoms with E-state index in [2.05, 4.69) is 28.0 Å². The zero-order valence-corrected chi connectivity index (χ0v) is 13.5. The second-order valence-electron chi connectivity index (χ2n) is 6.29. The van der Waals surface area contributed by atoms with Crippen molar-refractivity contribution in [2.75, 3.05) is 37.6 Å². The van der Waals surface area contributed by atoms with Gasteiger partial charge in [-0.15, -0.1) is 0 Å². The molecule has 21 heavy (non-hydrogen) atoms. The average molecular weight is 308 g/mol. The molecule has 1 aromatic rings. The summed E-state index contributed by atoms with van der Waals surface area (Å²) < 4.78 is 0. The van der Waals surface area contributed by atoms with Crippen LogP contribution in [-0.2, 0) is 6.42 Å². The summed E-state index contributed by atoms with van der Waals surface area (Å²) >= 11 is 6.47. The first-order chi connectivity index (χ1) is 10.3. The molecule has 1 heterocycles. The van der Waals surface area contributed by atoms with Gasteiger partial charge in [-0.3, -0.25) is 4.90 Å². The molecule has 2 fully saturated rings. The van der Waals surface area contributed by atoms with Crippen molar-refractivity contribution >= 4 is 17.3 Å². The van der Waals surface area contributed by atoms with Crippen molar-refractivity contribution < 1.29 is 0 Å². The predicted octanol–water partition coefficient (Wildman–Crippen LogP) is 2.91. The van der Waals surface area contributed by atoms with Crippen molar-refractivity contribution in [3.05, 3.63) is 28.8 Å². The van der Waals surface area contributed by atoms with Gasteiger partial charge in [-0.05, 0) is 43.5 Å². The highest BCUT2D eigenvalue weighted by Crippen LogP contribution is 2.30. The van der Waals surface area contributed by atoms with Crippen LogP contribution in [0.2, 0.25) is 5.02 Å². The van der Waals surface area contributed by atoms with Gasteiger partial charge in [0.25, 0.3) is 0 Å². The Bertz CT molecular complexity index is 463. The average Bonchev–Trinajstić information content (AvgIpc) is 3.02. The van der Waals surface area contributed by atoms with E-state index in [9.17, 15) is 0 Å². The molecule has 2 N–H and O–H groups in total. The van der Waals surface area contributed by atoms with Crippen molar-refractivity contribution in [3.63, 3.8) is 0 Å². The van der Waals surface area contributed by atoms with Crippen molar-refractivity contribution in [2.45, 2.75) is 38.1 Å². The van der Waals surface area contributed by atoms with Crippen molar-refractivity contribution in [2.24, 2.45) is 5.73 Å². The molecule has 0 aromatic heterocycles. The molecule has 2 aliphatic rings. The smallest absolute Gasteiger partial charge is 0.0642 e. The first kappa shape index (κ1) is 15.1. The second kappa shape index (κ2) is 6.99. The van der Waals surface area contributed by atoms with Crippen LogP contribution >= 0.6 is 11.6 Å². The van der Waals surface area contributed by atoms with E-state index in [1.165, 1.54) is 50.0 Å². The molecular weight excluding hydrogens is 282 g/mol. The molecule has 0 unspecified atom stereocenters. The van der Waals surface area contributed by atoms with Crippen LogP contribution in [0.1, 0.15) is 31.2 Å². The zero-order valence-electron chi connectivity index (χ0n) is 12.7. The molecule has 1 saturated carbocycles. The quantitative estimate of drug-likeness (QED) is 0.928. The lowest BCUT2D eigenvalue weighted by atomic mass is 10.1. The normalized spacial score (nSPS) is 21.1. The molecule has 0 radical (unpaired) electrons. The minimum absolute atomic E-state index is 0.676. The highest BCUT2D eigenvalue weighted by Gasteiger charge is 2.26. The van der Waals surface area contributed by atoms with Gasteiger partial charge in [-0.2, -0.15) is 0 Å². The third-order valence-corrected chi connectivity index (χ3v) is 5.24. The summed E-state index contributed by atoms with van der Waals surface area (Å²) in [6.45, 7) is 5.20. The Balaban J connectivity index is 1.61. The van der Waals surface area contributed by atoms with Crippen LogP contribution in [0.5, 0.6) is 0 Å². The number of nitrogens with two attached hydrogens (primary N) is 1. The number of hydrogen-bond donors (Lipinski definition) is 1. The van der Waals surface area contributed by atoms with Crippen molar-refractivity contribution in [3.8, 4) is 0 Å². The fourth-order valence-corrected chi connectivity index (χ4v) is 4.05. The molecule has 116 valence electrons. The van der Waals surface area contributed by atoms with Gasteiger partial charge in [-0.25, -0.2) is 0 Å². The molecular formula is C17H26ClN3. The van der Waals surface area contributed by atoms with Crippen molar-refractivity contribution in [1.82, 2.24) is 4.90 Å². The van der Waals surface area contributed by atoms with Crippen LogP contribution in [0.3, 0.4) is 0 Å². The predicted molar refractivity (Wildman–Crippen MR) is 90.3 cm³/mol. The van der Waals surface area contributed by atoms with Crippen LogP contribution in [0.25, 0.3) is 0 Å². The summed E-state index contributed by atoms with van der Waals surface area (Å²) in [5, 5.41) is 0.871. The standard InChI is InChI=1S/C17H26ClN3/c18-16-13-14(7-8-19)5-6-17(16)21-11-9-20(10-12-21)15-3-1-2-4-15/h5-6,13,15H,1-4,7-12,19H2. The van der Waals surface area contributed by atoms with Crippen LogP contribution in [0.15, 0.2) is 18.2 Å². The van der Waals surface area contributed by atoms with Gasteiger partial charge in [-0.1, -0.05) is 30.5 Å². The first-order valence-electron chi connectivity index (χ1n) is 8.25. The number of rotatable bonds is 4. The number of piperazine rings is 1. The number of anilines is 1. The SMILES string of the molecule is NCCc1ccc(N2CCN(C3CCCC3)CC2)c(Cl)c1. The van der Waals surface area contributed by atoms with E-state index in [1.807, 2.05) is 0 Å². The minimum atomic E-state index is 0.676. The highest BCUT2D eigenvalue weighted by molar-refractivity contribution is 6.33. The number of nitrogens with zero attached hydrogens (tertiary/aromatic N) is 2. The van der Waals surface area contributed by atoms with Crippen LogP contribution in [-0.4, -0.2) is 43.7 Å². The van der Waals surface area contributed by atoms with Gasteiger partial charge in [0.1, 0.15) is 0 Å². The number of benzene rings is 1. The van der Waals surface area contributed by atoms with Gasteiger partial charge in [0, 0.05) is 32.2 Å². The van der Waals surface area contributed by atoms with E-state index in [4.69, 9.17) is 17.3 Å². The Morgan fingerprint density at radius 3 is 2.43 bits per heavy atom. The molecule has 0 spiro atoms. The van der Waals surface area contributed by atoms with Gasteiger partial charge in [0.2, 0.25) is 0 Å². The Labute approximate surface area is 133 Å². The van der Waals surface area contributed by atoms with Gasteiger partial charge in [0.05, 0.1) is 10.7 Å². The fourth-order valence-electron chi connectivity index (χ4n) is 3.73. The van der Waals surface area contributed by atoms with Gasteiger partial charge >= 0.3 is 0 Å². The topological polar surface area (TPSA) is 32.5 Å². The first-order valence-corrected chi connectivity index (χ1v) is 8.63. The van der Waals surface area contributed by atoms with E-state index in [-0.39, 0.29) is 0 Å². The molecule has 1 aliphatic heterocycles. The van der Waals surface area contributed by atoms with Crippen molar-refractivity contribution in [1.29, 1.82) is 0 Å². The molecule has 1 saturated heterocycles. The zero-order chi connectivity index (χ0) is 14.7. The largest absolute Gasteiger partial charge is 0.368 e. The van der Waals surface area contributed by atoms with E-state index in [0.29, 0.717) is 6.54 Å². The third-order valence-electron chi connectivity index (χ3n) is 4.94. The highest BCUT2D eigenvalue weighted by atomic mass is 35.5. The van der Waals surface area contributed by atoms with Crippen LogP contribution in [0, 0.1) is 0 Å². The Kier molecular flexibility index (Phi) is 5.04. The Morgan fingerprint density at radius 1 is 1.10 bits per heavy atom. The Morgan fingerprint density at radius 2 is 1.81 bits per heavy atom. The monoisotopic (exact) mass is 307 g/mol. The molecule has 3 rings (SSSR count). The van der Waals surface area contributed by atoms with Crippen LogP contribution < -0.4 is 10.6 Å². The van der Waals surface area contributed by atoms with E-state index < -0.39 is 0 Å². The molecule has 4 heteroatoms. The molecule has 1 aromatic carbocycles. The second-order valence-corrected chi connectivity index (χ2v) is 6.69. The van der Waals surface area contributed by atoms with Crippen LogP contribution in [0.4, 0.5) is 5.69 Å². The maximum atomic E-state index is 6.47. The van der Waals surface area contributed by atoms with E-state index >= 15 is 0 Å². The lowest BCUT2D eigenvalue weighted by Crippen LogP contribution is -2.49. The number of hydrogen-bond acceptors (Lipinski definition) is 3. The summed E-state index contributed by atoms with van der Waals surface area (Å²) in [5.74, 6) is 0. The summed E-state index contributed by atoms with van der Waals surface area (Å²) in [7, 11) is 0. The van der Waals surface area contributed by atoms with Gasteiger partial charge < -0.3 is 10.6 Å². The van der Waals surface area contributed by atoms with E-state index in [1.54, 1.807) is 0 Å². The maximum absolute atomic E-state index is 6.47.